The molecule has 0 spiro atoms. The first-order valence-corrected chi connectivity index (χ1v) is 15.0. The molecule has 1 aliphatic heterocycles. The number of piperidine rings is 1. The number of methoxy groups -OCH3 is 1. The predicted octanol–water partition coefficient (Wildman–Crippen LogP) is 6.60. The Labute approximate surface area is 237 Å². The number of aromatic nitrogens is 1. The SMILES string of the molecule is COCCCN(C)C(=O)c1ccc(COc2ccc(C)cc2-c2csc(N3CC4CCC(C3)C4C)n2)c(C)c1. The third kappa shape index (κ3) is 6.15. The van der Waals surface area contributed by atoms with Gasteiger partial charge in [-0.2, -0.15) is 0 Å². The van der Waals surface area contributed by atoms with Crippen LogP contribution in [-0.4, -0.2) is 56.2 Å². The normalized spacial score (nSPS) is 20.3. The van der Waals surface area contributed by atoms with E-state index < -0.39 is 0 Å². The van der Waals surface area contributed by atoms with E-state index in [4.69, 9.17) is 14.5 Å². The zero-order chi connectivity index (χ0) is 27.5. The van der Waals surface area contributed by atoms with Crippen LogP contribution in [0.3, 0.4) is 0 Å². The summed E-state index contributed by atoms with van der Waals surface area (Å²) in [6.45, 7) is 10.6. The topological polar surface area (TPSA) is 54.9 Å². The van der Waals surface area contributed by atoms with Gasteiger partial charge in [0.2, 0.25) is 0 Å². The van der Waals surface area contributed by atoms with Crippen LogP contribution in [0, 0.1) is 31.6 Å². The average molecular weight is 548 g/mol. The fraction of sp³-hybridized carbons (Fsp3) is 0.500. The van der Waals surface area contributed by atoms with E-state index in [1.54, 1.807) is 23.3 Å². The minimum Gasteiger partial charge on any atom is -0.488 e. The van der Waals surface area contributed by atoms with Gasteiger partial charge in [0.25, 0.3) is 5.91 Å². The van der Waals surface area contributed by atoms with Crippen LogP contribution in [0.15, 0.2) is 41.8 Å². The standard InChI is InChI=1S/C32H41N3O3S/c1-21-7-12-30(38-19-27-11-8-24(16-22(27)2)31(36)34(4)13-6-14-37-5)28(15-21)29-20-39-32(33-29)35-17-25-9-10-26(18-35)23(25)3/h7-8,11-12,15-16,20,23,25-26H,6,9-10,13-14,17-19H2,1-5H3. The molecule has 7 heteroatoms. The molecule has 1 saturated carbocycles. The second-order valence-electron chi connectivity index (χ2n) is 11.4. The molecule has 2 aromatic carbocycles. The maximum atomic E-state index is 12.8. The molecule has 208 valence electrons. The second-order valence-corrected chi connectivity index (χ2v) is 12.2. The van der Waals surface area contributed by atoms with Crippen LogP contribution in [0.1, 0.15) is 53.2 Å². The smallest absolute Gasteiger partial charge is 0.253 e. The number of nitrogens with zero attached hydrogens (tertiary/aromatic N) is 3. The van der Waals surface area contributed by atoms with Gasteiger partial charge in [0, 0.05) is 56.9 Å². The summed E-state index contributed by atoms with van der Waals surface area (Å²) >= 11 is 1.74. The van der Waals surface area contributed by atoms with Crippen LogP contribution >= 0.6 is 11.3 Å². The van der Waals surface area contributed by atoms with Gasteiger partial charge in [0.05, 0.1) is 5.69 Å². The van der Waals surface area contributed by atoms with Crippen molar-refractivity contribution in [1.29, 1.82) is 0 Å². The number of thiazole rings is 1. The quantitative estimate of drug-likeness (QED) is 0.268. The first-order valence-electron chi connectivity index (χ1n) is 14.1. The molecule has 2 bridgehead atoms. The van der Waals surface area contributed by atoms with Gasteiger partial charge in [-0.1, -0.05) is 24.6 Å². The molecule has 1 amide bonds. The van der Waals surface area contributed by atoms with Gasteiger partial charge >= 0.3 is 0 Å². The highest BCUT2D eigenvalue weighted by Crippen LogP contribution is 2.44. The number of ether oxygens (including phenoxy) is 2. The molecule has 5 rings (SSSR count). The number of hydrogen-bond acceptors (Lipinski definition) is 6. The summed E-state index contributed by atoms with van der Waals surface area (Å²) in [5, 5.41) is 3.30. The van der Waals surface area contributed by atoms with E-state index in [9.17, 15) is 4.79 Å². The Balaban J connectivity index is 1.27. The van der Waals surface area contributed by atoms with Crippen LogP contribution in [0.5, 0.6) is 5.75 Å². The summed E-state index contributed by atoms with van der Waals surface area (Å²) in [6, 6.07) is 12.2. The number of carbonyl (C=O) groups excluding carboxylic acids is 1. The van der Waals surface area contributed by atoms with Crippen molar-refractivity contribution in [3.63, 3.8) is 0 Å². The lowest BCUT2D eigenvalue weighted by Crippen LogP contribution is -2.40. The molecule has 3 aromatic rings. The zero-order valence-corrected chi connectivity index (χ0v) is 24.7. The van der Waals surface area contributed by atoms with Crippen molar-refractivity contribution in [3.8, 4) is 17.0 Å². The van der Waals surface area contributed by atoms with E-state index in [0.29, 0.717) is 25.3 Å². The first-order chi connectivity index (χ1) is 18.8. The zero-order valence-electron chi connectivity index (χ0n) is 23.9. The number of amides is 1. The minimum atomic E-state index is 0.0259. The number of rotatable bonds is 10. The third-order valence-electron chi connectivity index (χ3n) is 8.64. The molecule has 0 radical (unpaired) electrons. The van der Waals surface area contributed by atoms with Crippen molar-refractivity contribution in [2.24, 2.45) is 17.8 Å². The molecule has 1 aliphatic carbocycles. The summed E-state index contributed by atoms with van der Waals surface area (Å²) < 4.78 is 11.5. The number of carbonyl (C=O) groups is 1. The van der Waals surface area contributed by atoms with Gasteiger partial charge in [0.15, 0.2) is 5.13 Å². The van der Waals surface area contributed by atoms with Gasteiger partial charge in [-0.25, -0.2) is 4.98 Å². The van der Waals surface area contributed by atoms with E-state index in [0.717, 1.165) is 70.5 Å². The molecular weight excluding hydrogens is 506 g/mol. The average Bonchev–Trinajstić information content (AvgIpc) is 3.48. The molecule has 2 fully saturated rings. The maximum absolute atomic E-state index is 12.8. The van der Waals surface area contributed by atoms with Gasteiger partial charge in [-0.15, -0.1) is 11.3 Å². The van der Waals surface area contributed by atoms with E-state index in [2.05, 4.69) is 42.3 Å². The molecule has 39 heavy (non-hydrogen) atoms. The van der Waals surface area contributed by atoms with Gasteiger partial charge in [-0.3, -0.25) is 4.79 Å². The fourth-order valence-electron chi connectivity index (χ4n) is 6.07. The van der Waals surface area contributed by atoms with E-state index in [1.807, 2.05) is 32.2 Å². The summed E-state index contributed by atoms with van der Waals surface area (Å²) in [6.07, 6.45) is 3.54. The van der Waals surface area contributed by atoms with Crippen molar-refractivity contribution in [2.75, 3.05) is 45.3 Å². The summed E-state index contributed by atoms with van der Waals surface area (Å²) in [5.41, 5.74) is 6.01. The summed E-state index contributed by atoms with van der Waals surface area (Å²) in [7, 11) is 3.52. The van der Waals surface area contributed by atoms with E-state index >= 15 is 0 Å². The molecule has 2 unspecified atom stereocenters. The number of hydrogen-bond donors (Lipinski definition) is 0. The predicted molar refractivity (Wildman–Crippen MR) is 159 cm³/mol. The van der Waals surface area contributed by atoms with Crippen molar-refractivity contribution in [2.45, 2.75) is 46.6 Å². The van der Waals surface area contributed by atoms with Gasteiger partial charge in [-0.05, 0) is 86.3 Å². The lowest BCUT2D eigenvalue weighted by molar-refractivity contribution is 0.0779. The van der Waals surface area contributed by atoms with Crippen molar-refractivity contribution in [3.05, 3.63) is 64.0 Å². The fourth-order valence-corrected chi connectivity index (χ4v) is 6.91. The van der Waals surface area contributed by atoms with Crippen molar-refractivity contribution < 1.29 is 14.3 Å². The van der Waals surface area contributed by atoms with Crippen LogP contribution < -0.4 is 9.64 Å². The summed E-state index contributed by atoms with van der Waals surface area (Å²) in [5.74, 6) is 3.31. The highest BCUT2D eigenvalue weighted by atomic mass is 32.1. The number of fused-ring (bicyclic) bond motifs is 2. The highest BCUT2D eigenvalue weighted by molar-refractivity contribution is 7.14. The summed E-state index contributed by atoms with van der Waals surface area (Å²) in [4.78, 5) is 22.2. The minimum absolute atomic E-state index is 0.0259. The Kier molecular flexibility index (Phi) is 8.57. The molecule has 0 N–H and O–H groups in total. The van der Waals surface area contributed by atoms with Gasteiger partial charge in [0.1, 0.15) is 12.4 Å². The molecule has 2 heterocycles. The van der Waals surface area contributed by atoms with Gasteiger partial charge < -0.3 is 19.3 Å². The molecule has 6 nitrogen and oxygen atoms in total. The monoisotopic (exact) mass is 547 g/mol. The van der Waals surface area contributed by atoms with Crippen LogP contribution in [-0.2, 0) is 11.3 Å². The number of benzene rings is 2. The number of aryl methyl sites for hydroxylation is 2. The first kappa shape index (κ1) is 27.7. The molecule has 1 aromatic heterocycles. The van der Waals surface area contributed by atoms with Crippen LogP contribution in [0.2, 0.25) is 0 Å². The van der Waals surface area contributed by atoms with Crippen molar-refractivity contribution in [1.82, 2.24) is 9.88 Å². The van der Waals surface area contributed by atoms with Crippen LogP contribution in [0.25, 0.3) is 11.3 Å². The Morgan fingerprint density at radius 2 is 1.90 bits per heavy atom. The Morgan fingerprint density at radius 1 is 1.13 bits per heavy atom. The lowest BCUT2D eigenvalue weighted by atomic mass is 9.87. The third-order valence-corrected chi connectivity index (χ3v) is 9.54. The number of anilines is 1. The Morgan fingerprint density at radius 3 is 2.62 bits per heavy atom. The largest absolute Gasteiger partial charge is 0.488 e. The lowest BCUT2D eigenvalue weighted by Gasteiger charge is -2.36. The second kappa shape index (κ2) is 12.1. The highest BCUT2D eigenvalue weighted by Gasteiger charge is 2.39. The maximum Gasteiger partial charge on any atom is 0.253 e. The van der Waals surface area contributed by atoms with E-state index in [1.165, 1.54) is 18.4 Å². The molecule has 1 saturated heterocycles. The molecule has 2 atom stereocenters. The van der Waals surface area contributed by atoms with Crippen molar-refractivity contribution >= 4 is 22.4 Å². The van der Waals surface area contributed by atoms with Crippen LogP contribution in [0.4, 0.5) is 5.13 Å². The Bertz CT molecular complexity index is 1290. The molecular formula is C32H41N3O3S. The molecule has 2 aliphatic rings. The Hall–Kier alpha value is -2.90. The van der Waals surface area contributed by atoms with E-state index in [-0.39, 0.29) is 5.91 Å².